The topological polar surface area (TPSA) is 65.3 Å². The Morgan fingerprint density at radius 1 is 1.00 bits per heavy atom. The third-order valence-electron chi connectivity index (χ3n) is 5.33. The zero-order valence-corrected chi connectivity index (χ0v) is 15.5. The SMILES string of the molecule is O=C1C[C@@H]([NH+]2CCN(c3ccc(O)cc3)CC2)C(=O)N1c1cccc(Cl)c1. The minimum atomic E-state index is -0.335. The first-order chi connectivity index (χ1) is 13.0. The number of carbonyl (C=O) groups excluding carboxylic acids is 2. The number of rotatable bonds is 3. The van der Waals surface area contributed by atoms with Gasteiger partial charge in [-0.3, -0.25) is 9.59 Å². The number of aromatic hydroxyl groups is 1. The van der Waals surface area contributed by atoms with Crippen LogP contribution in [0.1, 0.15) is 6.42 Å². The van der Waals surface area contributed by atoms with Crippen LogP contribution < -0.4 is 14.7 Å². The first-order valence-corrected chi connectivity index (χ1v) is 9.41. The average Bonchev–Trinajstić information content (AvgIpc) is 2.97. The molecule has 1 atom stereocenters. The summed E-state index contributed by atoms with van der Waals surface area (Å²) in [5.41, 5.74) is 1.60. The van der Waals surface area contributed by atoms with Crippen LogP contribution in [0.5, 0.6) is 5.75 Å². The molecule has 7 heteroatoms. The van der Waals surface area contributed by atoms with Crippen LogP contribution in [0.4, 0.5) is 11.4 Å². The number of carbonyl (C=O) groups is 2. The third kappa shape index (κ3) is 3.50. The highest BCUT2D eigenvalue weighted by Gasteiger charge is 2.46. The predicted molar refractivity (Wildman–Crippen MR) is 103 cm³/mol. The molecule has 2 aliphatic heterocycles. The molecule has 0 aromatic heterocycles. The van der Waals surface area contributed by atoms with Gasteiger partial charge in [0.05, 0.1) is 38.3 Å². The number of benzene rings is 2. The van der Waals surface area contributed by atoms with Crippen molar-refractivity contribution in [2.45, 2.75) is 12.5 Å². The fourth-order valence-electron chi connectivity index (χ4n) is 3.90. The highest BCUT2D eigenvalue weighted by molar-refractivity contribution is 6.31. The van der Waals surface area contributed by atoms with Crippen LogP contribution in [0.25, 0.3) is 0 Å². The van der Waals surface area contributed by atoms with E-state index in [1.54, 1.807) is 36.4 Å². The standard InChI is InChI=1S/C20H20ClN3O3/c21-14-2-1-3-16(12-14)24-19(26)13-18(20(24)27)23-10-8-22(9-11-23)15-4-6-17(25)7-5-15/h1-7,12,18,25H,8-11,13H2/p+1/t18-/m1/s1. The Bertz CT molecular complexity index is 863. The molecular weight excluding hydrogens is 366 g/mol. The molecule has 2 N–H and O–H groups in total. The van der Waals surface area contributed by atoms with Crippen molar-refractivity contribution < 1.29 is 19.6 Å². The van der Waals surface area contributed by atoms with Gasteiger partial charge in [0.2, 0.25) is 5.91 Å². The average molecular weight is 387 g/mol. The number of phenols is 1. The van der Waals surface area contributed by atoms with Gasteiger partial charge in [0.15, 0.2) is 6.04 Å². The van der Waals surface area contributed by atoms with E-state index in [2.05, 4.69) is 4.90 Å². The Morgan fingerprint density at radius 2 is 1.70 bits per heavy atom. The molecular formula is C20H21ClN3O3+. The molecule has 0 bridgehead atoms. The minimum Gasteiger partial charge on any atom is -0.508 e. The number of phenolic OH excluding ortho intramolecular Hbond substituents is 1. The van der Waals surface area contributed by atoms with Crippen molar-refractivity contribution in [3.05, 3.63) is 53.6 Å². The zero-order chi connectivity index (χ0) is 19.0. The second kappa shape index (κ2) is 7.21. The van der Waals surface area contributed by atoms with E-state index in [1.165, 1.54) is 4.90 Å². The molecule has 2 aromatic carbocycles. The van der Waals surface area contributed by atoms with Crippen molar-refractivity contribution >= 4 is 34.8 Å². The first kappa shape index (κ1) is 17.8. The van der Waals surface area contributed by atoms with E-state index < -0.39 is 0 Å². The van der Waals surface area contributed by atoms with E-state index in [0.29, 0.717) is 10.7 Å². The maximum atomic E-state index is 12.9. The summed E-state index contributed by atoms with van der Waals surface area (Å²) in [6, 6.07) is 13.7. The molecule has 2 aromatic rings. The lowest BCUT2D eigenvalue weighted by Gasteiger charge is -2.35. The van der Waals surface area contributed by atoms with Gasteiger partial charge >= 0.3 is 0 Å². The molecule has 2 fully saturated rings. The lowest BCUT2D eigenvalue weighted by molar-refractivity contribution is -0.915. The molecule has 2 amide bonds. The largest absolute Gasteiger partial charge is 0.508 e. The zero-order valence-electron chi connectivity index (χ0n) is 14.8. The van der Waals surface area contributed by atoms with Crippen molar-refractivity contribution in [2.24, 2.45) is 0 Å². The van der Waals surface area contributed by atoms with Crippen LogP contribution in [-0.4, -0.2) is 49.1 Å². The van der Waals surface area contributed by atoms with Crippen LogP contribution in [0.15, 0.2) is 48.5 Å². The Morgan fingerprint density at radius 3 is 2.37 bits per heavy atom. The van der Waals surface area contributed by atoms with E-state index in [0.717, 1.165) is 36.8 Å². The molecule has 27 heavy (non-hydrogen) atoms. The van der Waals surface area contributed by atoms with Crippen molar-refractivity contribution in [1.82, 2.24) is 0 Å². The number of hydrogen-bond donors (Lipinski definition) is 2. The van der Waals surface area contributed by atoms with E-state index >= 15 is 0 Å². The van der Waals surface area contributed by atoms with Gasteiger partial charge < -0.3 is 14.9 Å². The van der Waals surface area contributed by atoms with E-state index in [4.69, 9.17) is 11.6 Å². The molecule has 0 radical (unpaired) electrons. The van der Waals surface area contributed by atoms with Gasteiger partial charge in [-0.15, -0.1) is 0 Å². The number of amides is 2. The summed E-state index contributed by atoms with van der Waals surface area (Å²) >= 11 is 6.01. The summed E-state index contributed by atoms with van der Waals surface area (Å²) in [6.07, 6.45) is 0.236. The van der Waals surface area contributed by atoms with Crippen molar-refractivity contribution in [2.75, 3.05) is 36.0 Å². The summed E-state index contributed by atoms with van der Waals surface area (Å²) < 4.78 is 0. The fraction of sp³-hybridized carbons (Fsp3) is 0.300. The molecule has 0 aliphatic carbocycles. The molecule has 0 spiro atoms. The molecule has 140 valence electrons. The van der Waals surface area contributed by atoms with Gasteiger partial charge in [-0.25, -0.2) is 4.90 Å². The van der Waals surface area contributed by atoms with E-state index in [9.17, 15) is 14.7 Å². The number of quaternary nitrogens is 1. The molecule has 2 saturated heterocycles. The summed E-state index contributed by atoms with van der Waals surface area (Å²) in [5.74, 6) is -0.0599. The Balaban J connectivity index is 1.44. The second-order valence-corrected chi connectivity index (χ2v) is 7.40. The summed E-state index contributed by atoms with van der Waals surface area (Å²) in [4.78, 5) is 30.1. The van der Waals surface area contributed by atoms with E-state index in [-0.39, 0.29) is 30.0 Å². The normalized spacial score (nSPS) is 21.1. The highest BCUT2D eigenvalue weighted by Crippen LogP contribution is 2.25. The van der Waals surface area contributed by atoms with Gasteiger partial charge in [0, 0.05) is 10.7 Å². The lowest BCUT2D eigenvalue weighted by Crippen LogP contribution is -3.19. The predicted octanol–water partition coefficient (Wildman–Crippen LogP) is 1.08. The fourth-order valence-corrected chi connectivity index (χ4v) is 4.09. The summed E-state index contributed by atoms with van der Waals surface area (Å²) in [6.45, 7) is 3.17. The van der Waals surface area contributed by atoms with Gasteiger partial charge in [0.1, 0.15) is 5.75 Å². The van der Waals surface area contributed by atoms with Crippen molar-refractivity contribution in [3.8, 4) is 5.75 Å². The van der Waals surface area contributed by atoms with Crippen LogP contribution in [0.3, 0.4) is 0 Å². The number of nitrogens with zero attached hydrogens (tertiary/aromatic N) is 2. The Kier molecular flexibility index (Phi) is 4.76. The molecule has 4 rings (SSSR count). The van der Waals surface area contributed by atoms with Crippen LogP contribution in [0, 0.1) is 0 Å². The summed E-state index contributed by atoms with van der Waals surface area (Å²) in [5, 5.41) is 9.93. The highest BCUT2D eigenvalue weighted by atomic mass is 35.5. The Hall–Kier alpha value is -2.57. The van der Waals surface area contributed by atoms with Crippen LogP contribution >= 0.6 is 11.6 Å². The molecule has 2 aliphatic rings. The van der Waals surface area contributed by atoms with Crippen molar-refractivity contribution in [1.29, 1.82) is 0 Å². The molecule has 2 heterocycles. The monoisotopic (exact) mass is 386 g/mol. The van der Waals surface area contributed by atoms with Crippen molar-refractivity contribution in [3.63, 3.8) is 0 Å². The molecule has 0 unspecified atom stereocenters. The minimum absolute atomic E-state index is 0.143. The van der Waals surface area contributed by atoms with Crippen LogP contribution in [0.2, 0.25) is 5.02 Å². The first-order valence-electron chi connectivity index (χ1n) is 9.04. The maximum absolute atomic E-state index is 12.9. The molecule has 6 nitrogen and oxygen atoms in total. The van der Waals surface area contributed by atoms with Gasteiger partial charge in [-0.1, -0.05) is 17.7 Å². The lowest BCUT2D eigenvalue weighted by atomic mass is 10.1. The number of nitrogens with one attached hydrogen (secondary N) is 1. The summed E-state index contributed by atoms with van der Waals surface area (Å²) in [7, 11) is 0. The smallest absolute Gasteiger partial charge is 0.292 e. The number of hydrogen-bond acceptors (Lipinski definition) is 4. The van der Waals surface area contributed by atoms with Crippen LogP contribution in [-0.2, 0) is 9.59 Å². The number of anilines is 2. The Labute approximate surface area is 162 Å². The van der Waals surface area contributed by atoms with E-state index in [1.807, 2.05) is 12.1 Å². The molecule has 0 saturated carbocycles. The number of piperazine rings is 1. The third-order valence-corrected chi connectivity index (χ3v) is 5.56. The quantitative estimate of drug-likeness (QED) is 0.775. The maximum Gasteiger partial charge on any atom is 0.292 e. The van der Waals surface area contributed by atoms with Gasteiger partial charge in [0.25, 0.3) is 5.91 Å². The number of imide groups is 1. The number of halogens is 1. The van der Waals surface area contributed by atoms with Gasteiger partial charge in [-0.05, 0) is 42.5 Å². The van der Waals surface area contributed by atoms with Gasteiger partial charge in [-0.2, -0.15) is 0 Å². The second-order valence-electron chi connectivity index (χ2n) is 6.97.